The number of nitrogens with zero attached hydrogens (tertiary/aromatic N) is 2. The van der Waals surface area contributed by atoms with Crippen molar-refractivity contribution >= 4 is 26.3 Å². The van der Waals surface area contributed by atoms with Crippen LogP contribution >= 0.6 is 0 Å². The van der Waals surface area contributed by atoms with Gasteiger partial charge in [0.15, 0.2) is 6.29 Å². The zero-order valence-corrected chi connectivity index (χ0v) is 7.61. The van der Waals surface area contributed by atoms with Gasteiger partial charge in [-0.05, 0) is 0 Å². The van der Waals surface area contributed by atoms with Crippen molar-refractivity contribution < 1.29 is 4.79 Å². The van der Waals surface area contributed by atoms with Gasteiger partial charge in [-0.2, -0.15) is 0 Å². The highest BCUT2D eigenvalue weighted by atomic mass is 16.1. The van der Waals surface area contributed by atoms with E-state index in [0.29, 0.717) is 11.5 Å². The largest absolute Gasteiger partial charge is 0.418 e. The minimum Gasteiger partial charge on any atom is -0.418 e. The Hall–Kier alpha value is -1.72. The van der Waals surface area contributed by atoms with E-state index < -0.39 is 0 Å². The maximum Gasteiger partial charge on any atom is 0.215 e. The molecular formula is C7H11BN4O. The predicted molar refractivity (Wildman–Crippen MR) is 54.2 cm³/mol. The summed E-state index contributed by atoms with van der Waals surface area (Å²) in [5.41, 5.74) is 0.508. The fourth-order valence-electron chi connectivity index (χ4n) is 0.953. The van der Waals surface area contributed by atoms with Crippen LogP contribution in [0.15, 0.2) is 12.5 Å². The minimum absolute atomic E-state index is 0.508. The van der Waals surface area contributed by atoms with Crippen LogP contribution in [0, 0.1) is 0 Å². The highest BCUT2D eigenvalue weighted by Crippen LogP contribution is 2.09. The van der Waals surface area contributed by atoms with E-state index in [1.165, 1.54) is 0 Å². The molecule has 0 fully saturated rings. The van der Waals surface area contributed by atoms with Crippen molar-refractivity contribution in [3.63, 3.8) is 0 Å². The molecule has 5 nitrogen and oxygen atoms in total. The number of hydrogen-bond donors (Lipinski definition) is 2. The van der Waals surface area contributed by atoms with E-state index in [1.54, 1.807) is 38.3 Å². The Kier molecular flexibility index (Phi) is 3.13. The summed E-state index contributed by atoms with van der Waals surface area (Å²) in [5, 5.41) is 5.66. The van der Waals surface area contributed by atoms with E-state index in [-0.39, 0.29) is 0 Å². The van der Waals surface area contributed by atoms with Crippen LogP contribution in [0.2, 0.25) is 0 Å². The Balaban J connectivity index is 3.00. The topological polar surface area (TPSA) is 59.0 Å². The van der Waals surface area contributed by atoms with Gasteiger partial charge in [0.1, 0.15) is 17.8 Å². The maximum absolute atomic E-state index is 10.7. The summed E-state index contributed by atoms with van der Waals surface area (Å²) < 4.78 is 1.63. The molecule has 6 heteroatoms. The first-order valence-corrected chi connectivity index (χ1v) is 3.87. The van der Waals surface area contributed by atoms with Gasteiger partial charge >= 0.3 is 0 Å². The third-order valence-corrected chi connectivity index (χ3v) is 1.58. The van der Waals surface area contributed by atoms with Gasteiger partial charge < -0.3 is 15.1 Å². The van der Waals surface area contributed by atoms with Crippen LogP contribution in [-0.4, -0.2) is 30.9 Å². The summed E-state index contributed by atoms with van der Waals surface area (Å²) in [5.74, 6) is 0.579. The number of aromatic nitrogens is 2. The molecule has 0 bridgehead atoms. The monoisotopic (exact) mass is 178 g/mol. The van der Waals surface area contributed by atoms with Crippen molar-refractivity contribution in [2.45, 2.75) is 0 Å². The van der Waals surface area contributed by atoms with E-state index in [0.717, 1.165) is 6.29 Å². The van der Waals surface area contributed by atoms with Crippen LogP contribution < -0.4 is 10.5 Å². The molecule has 0 saturated carbocycles. The molecule has 0 saturated heterocycles. The minimum atomic E-state index is 0.508. The summed E-state index contributed by atoms with van der Waals surface area (Å²) in [7, 11) is 3.51. The second kappa shape index (κ2) is 4.35. The molecular weight excluding hydrogens is 167 g/mol. The standard InChI is InChI=1S/C7H11BN4O/c1-9-2-3-12-5-10-7(11-8)6(12)4-13/h2-5,9,11H,8H2,1H3/b3-2-. The highest BCUT2D eigenvalue weighted by Gasteiger charge is 2.05. The number of anilines is 1. The lowest BCUT2D eigenvalue weighted by Crippen LogP contribution is -1.99. The van der Waals surface area contributed by atoms with E-state index in [1.807, 2.05) is 0 Å². The van der Waals surface area contributed by atoms with E-state index in [9.17, 15) is 4.79 Å². The van der Waals surface area contributed by atoms with Crippen molar-refractivity contribution in [1.29, 1.82) is 0 Å². The molecule has 0 atom stereocenters. The number of aldehydes is 1. The number of hydrogen-bond acceptors (Lipinski definition) is 4. The Bertz CT molecular complexity index is 320. The summed E-state index contributed by atoms with van der Waals surface area (Å²) in [6.07, 6.45) is 5.77. The summed E-state index contributed by atoms with van der Waals surface area (Å²) in [4.78, 5) is 14.7. The molecule has 0 spiro atoms. The molecule has 0 aromatic carbocycles. The Morgan fingerprint density at radius 2 is 2.46 bits per heavy atom. The van der Waals surface area contributed by atoms with Gasteiger partial charge in [0.2, 0.25) is 7.98 Å². The van der Waals surface area contributed by atoms with Gasteiger partial charge in [0, 0.05) is 19.4 Å². The maximum atomic E-state index is 10.7. The van der Waals surface area contributed by atoms with Crippen molar-refractivity contribution in [2.24, 2.45) is 0 Å². The number of carbonyl (C=O) groups excluding carboxylic acids is 1. The zero-order valence-electron chi connectivity index (χ0n) is 7.61. The third kappa shape index (κ3) is 1.90. The molecule has 68 valence electrons. The highest BCUT2D eigenvalue weighted by molar-refractivity contribution is 6.16. The quantitative estimate of drug-likeness (QED) is 0.473. The number of carbonyl (C=O) groups is 1. The lowest BCUT2D eigenvalue weighted by molar-refractivity contribution is 0.111. The van der Waals surface area contributed by atoms with Gasteiger partial charge in [0.25, 0.3) is 0 Å². The van der Waals surface area contributed by atoms with Crippen LogP contribution in [0.25, 0.3) is 6.20 Å². The first-order chi connectivity index (χ1) is 6.33. The first kappa shape index (κ1) is 9.37. The van der Waals surface area contributed by atoms with Crippen molar-refractivity contribution in [1.82, 2.24) is 14.9 Å². The van der Waals surface area contributed by atoms with Gasteiger partial charge in [0.05, 0.1) is 0 Å². The molecule has 1 rings (SSSR count). The van der Waals surface area contributed by atoms with Gasteiger partial charge in [-0.1, -0.05) is 0 Å². The molecule has 1 aromatic rings. The SMILES string of the molecule is BNc1ncn(/C=C\NC)c1C=O. The fraction of sp³-hybridized carbons (Fsp3) is 0.143. The van der Waals surface area contributed by atoms with Gasteiger partial charge in [-0.3, -0.25) is 4.79 Å². The fourth-order valence-corrected chi connectivity index (χ4v) is 0.953. The van der Waals surface area contributed by atoms with Crippen LogP contribution in [-0.2, 0) is 0 Å². The molecule has 0 radical (unpaired) electrons. The molecule has 1 aromatic heterocycles. The number of rotatable bonds is 4. The van der Waals surface area contributed by atoms with E-state index in [2.05, 4.69) is 15.5 Å². The summed E-state index contributed by atoms with van der Waals surface area (Å²) >= 11 is 0. The number of nitrogens with one attached hydrogen (secondary N) is 2. The molecule has 2 N–H and O–H groups in total. The van der Waals surface area contributed by atoms with Crippen LogP contribution in [0.3, 0.4) is 0 Å². The molecule has 1 heterocycles. The first-order valence-electron chi connectivity index (χ1n) is 3.87. The van der Waals surface area contributed by atoms with Crippen LogP contribution in [0.5, 0.6) is 0 Å². The van der Waals surface area contributed by atoms with Crippen molar-refractivity contribution in [3.05, 3.63) is 18.2 Å². The Labute approximate surface area is 77.3 Å². The van der Waals surface area contributed by atoms with Gasteiger partial charge in [-0.25, -0.2) is 4.98 Å². The Morgan fingerprint density at radius 1 is 1.69 bits per heavy atom. The lowest BCUT2D eigenvalue weighted by atomic mass is 10.3. The predicted octanol–water partition coefficient (Wildman–Crippen LogP) is -0.697. The van der Waals surface area contributed by atoms with E-state index >= 15 is 0 Å². The van der Waals surface area contributed by atoms with Gasteiger partial charge in [-0.15, -0.1) is 0 Å². The van der Waals surface area contributed by atoms with Crippen molar-refractivity contribution in [3.8, 4) is 0 Å². The third-order valence-electron chi connectivity index (χ3n) is 1.58. The normalized spacial score (nSPS) is 10.2. The number of imidazole rings is 1. The molecule has 0 aliphatic heterocycles. The molecule has 0 aliphatic carbocycles. The average Bonchev–Trinajstić information content (AvgIpc) is 2.56. The van der Waals surface area contributed by atoms with Crippen LogP contribution in [0.4, 0.5) is 5.82 Å². The average molecular weight is 178 g/mol. The summed E-state index contributed by atoms with van der Waals surface area (Å²) in [6, 6.07) is 0. The second-order valence-corrected chi connectivity index (χ2v) is 2.36. The van der Waals surface area contributed by atoms with Crippen LogP contribution in [0.1, 0.15) is 10.5 Å². The molecule has 0 unspecified atom stereocenters. The van der Waals surface area contributed by atoms with Crippen molar-refractivity contribution in [2.75, 3.05) is 12.3 Å². The van der Waals surface area contributed by atoms with E-state index in [4.69, 9.17) is 0 Å². The molecule has 0 amide bonds. The zero-order chi connectivity index (χ0) is 9.68. The molecule has 13 heavy (non-hydrogen) atoms. The molecule has 0 aliphatic rings. The smallest absolute Gasteiger partial charge is 0.215 e. The summed E-state index contributed by atoms with van der Waals surface area (Å²) in [6.45, 7) is 0. The second-order valence-electron chi connectivity index (χ2n) is 2.36. The lowest BCUT2D eigenvalue weighted by Gasteiger charge is -1.97. The Morgan fingerprint density at radius 3 is 3.00 bits per heavy atom.